The monoisotopic (exact) mass is 432 g/mol. The van der Waals surface area contributed by atoms with Gasteiger partial charge in [-0.3, -0.25) is 14.9 Å². The Labute approximate surface area is 141 Å². The third kappa shape index (κ3) is 3.81. The zero-order valence-electron chi connectivity index (χ0n) is 10.3. The summed E-state index contributed by atoms with van der Waals surface area (Å²) in [6, 6.07) is 8.98. The molecule has 8 heteroatoms. The molecule has 0 aromatic heterocycles. The van der Waals surface area contributed by atoms with Gasteiger partial charge in [0.2, 0.25) is 0 Å². The molecule has 1 N–H and O–H groups in total. The van der Waals surface area contributed by atoms with Crippen LogP contribution in [0.25, 0.3) is 0 Å². The smallest absolute Gasteiger partial charge is 0.270 e. The zero-order valence-corrected chi connectivity index (χ0v) is 14.2. The van der Waals surface area contributed by atoms with Crippen LogP contribution in [0.2, 0.25) is 5.02 Å². The van der Waals surface area contributed by atoms with Gasteiger partial charge in [0.05, 0.1) is 21.2 Å². The summed E-state index contributed by atoms with van der Waals surface area (Å²) >= 11 is 12.5. The molecule has 2 rings (SSSR count). The number of rotatable bonds is 3. The molecule has 0 saturated heterocycles. The number of anilines is 1. The lowest BCUT2D eigenvalue weighted by molar-refractivity contribution is -0.384. The number of nitro groups is 1. The average Bonchev–Trinajstić information content (AvgIpc) is 2.43. The van der Waals surface area contributed by atoms with Crippen LogP contribution in [-0.2, 0) is 0 Å². The summed E-state index contributed by atoms with van der Waals surface area (Å²) < 4.78 is 1.46. The Kier molecular flexibility index (Phi) is 4.97. The number of benzene rings is 2. The number of nitro benzene ring substituents is 1. The predicted molar refractivity (Wildman–Crippen MR) is 87.9 cm³/mol. The molecule has 5 nitrogen and oxygen atoms in total. The van der Waals surface area contributed by atoms with E-state index in [0.717, 1.165) is 10.5 Å². The number of halogens is 3. The molecule has 0 fully saturated rings. The van der Waals surface area contributed by atoms with E-state index >= 15 is 0 Å². The highest BCUT2D eigenvalue weighted by Gasteiger charge is 2.16. The summed E-state index contributed by atoms with van der Waals surface area (Å²) in [4.78, 5) is 22.4. The van der Waals surface area contributed by atoms with Gasteiger partial charge in [0.1, 0.15) is 0 Å². The maximum atomic E-state index is 12.2. The summed E-state index contributed by atoms with van der Waals surface area (Å²) in [6.07, 6.45) is 0. The van der Waals surface area contributed by atoms with Crippen molar-refractivity contribution in [1.82, 2.24) is 0 Å². The standard InChI is InChI=1S/C13H7Br2ClN2O3/c14-7-1-3-10(15)12(5-7)17-13(19)9-6-8(18(20)21)2-4-11(9)16/h1-6H,(H,17,19). The van der Waals surface area contributed by atoms with Gasteiger partial charge in [0.15, 0.2) is 0 Å². The lowest BCUT2D eigenvalue weighted by Gasteiger charge is -2.09. The van der Waals surface area contributed by atoms with Crippen molar-refractivity contribution in [3.05, 3.63) is 66.0 Å². The Balaban J connectivity index is 2.34. The maximum Gasteiger partial charge on any atom is 0.270 e. The van der Waals surface area contributed by atoms with Crippen LogP contribution in [0.5, 0.6) is 0 Å². The number of nitrogens with zero attached hydrogens (tertiary/aromatic N) is 1. The van der Waals surface area contributed by atoms with Gasteiger partial charge < -0.3 is 5.32 Å². The van der Waals surface area contributed by atoms with Crippen molar-refractivity contribution in [3.63, 3.8) is 0 Å². The van der Waals surface area contributed by atoms with Crippen LogP contribution >= 0.6 is 43.5 Å². The molecular formula is C13H7Br2ClN2O3. The minimum absolute atomic E-state index is 0.0396. The summed E-state index contributed by atoms with van der Waals surface area (Å²) in [5.74, 6) is -0.525. The second-order valence-electron chi connectivity index (χ2n) is 4.00. The Morgan fingerprint density at radius 2 is 1.90 bits per heavy atom. The lowest BCUT2D eigenvalue weighted by Crippen LogP contribution is -2.13. The molecule has 0 bridgehead atoms. The van der Waals surface area contributed by atoms with Crippen molar-refractivity contribution in [2.75, 3.05) is 5.32 Å². The van der Waals surface area contributed by atoms with Gasteiger partial charge in [-0.15, -0.1) is 0 Å². The largest absolute Gasteiger partial charge is 0.321 e. The number of carbonyl (C=O) groups is 1. The van der Waals surface area contributed by atoms with Crippen molar-refractivity contribution in [1.29, 1.82) is 0 Å². The van der Waals surface area contributed by atoms with Crippen molar-refractivity contribution in [2.24, 2.45) is 0 Å². The zero-order chi connectivity index (χ0) is 15.6. The van der Waals surface area contributed by atoms with E-state index in [1.54, 1.807) is 18.2 Å². The van der Waals surface area contributed by atoms with Gasteiger partial charge in [-0.2, -0.15) is 0 Å². The third-order valence-electron chi connectivity index (χ3n) is 2.58. The summed E-state index contributed by atoms with van der Waals surface area (Å²) in [5, 5.41) is 13.6. The van der Waals surface area contributed by atoms with Gasteiger partial charge in [0, 0.05) is 21.1 Å². The first-order valence-corrected chi connectivity index (χ1v) is 7.55. The van der Waals surface area contributed by atoms with E-state index in [2.05, 4.69) is 37.2 Å². The first-order valence-electron chi connectivity index (χ1n) is 5.59. The molecule has 108 valence electrons. The lowest BCUT2D eigenvalue weighted by atomic mass is 10.2. The van der Waals surface area contributed by atoms with E-state index in [-0.39, 0.29) is 16.3 Å². The number of non-ortho nitro benzene ring substituents is 1. The predicted octanol–water partition coefficient (Wildman–Crippen LogP) is 5.03. The highest BCUT2D eigenvalue weighted by molar-refractivity contribution is 9.11. The Morgan fingerprint density at radius 1 is 1.19 bits per heavy atom. The van der Waals surface area contributed by atoms with Crippen molar-refractivity contribution in [2.45, 2.75) is 0 Å². The van der Waals surface area contributed by atoms with Crippen molar-refractivity contribution in [3.8, 4) is 0 Å². The highest BCUT2D eigenvalue weighted by Crippen LogP contribution is 2.28. The average molecular weight is 434 g/mol. The van der Waals surface area contributed by atoms with E-state index in [4.69, 9.17) is 11.6 Å². The molecule has 0 spiro atoms. The molecule has 0 aliphatic heterocycles. The molecule has 0 radical (unpaired) electrons. The fraction of sp³-hybridized carbons (Fsp3) is 0. The molecule has 21 heavy (non-hydrogen) atoms. The van der Waals surface area contributed by atoms with Crippen LogP contribution in [-0.4, -0.2) is 10.8 Å². The molecule has 1 amide bonds. The van der Waals surface area contributed by atoms with Gasteiger partial charge in [-0.25, -0.2) is 0 Å². The molecule has 0 aliphatic carbocycles. The van der Waals surface area contributed by atoms with Crippen LogP contribution in [0.15, 0.2) is 45.3 Å². The third-order valence-corrected chi connectivity index (χ3v) is 4.10. The van der Waals surface area contributed by atoms with Gasteiger partial charge >= 0.3 is 0 Å². The summed E-state index contributed by atoms with van der Waals surface area (Å²) in [5.41, 5.74) is 0.368. The van der Waals surface area contributed by atoms with Crippen molar-refractivity contribution >= 4 is 60.7 Å². The highest BCUT2D eigenvalue weighted by atomic mass is 79.9. The van der Waals surface area contributed by atoms with Crippen LogP contribution in [0, 0.1) is 10.1 Å². The molecule has 0 aliphatic rings. The van der Waals surface area contributed by atoms with Gasteiger partial charge in [-0.05, 0) is 40.2 Å². The second kappa shape index (κ2) is 6.55. The molecule has 0 heterocycles. The molecular weight excluding hydrogens is 427 g/mol. The first-order chi connectivity index (χ1) is 9.88. The van der Waals surface area contributed by atoms with E-state index in [1.165, 1.54) is 12.1 Å². The molecule has 0 atom stereocenters. The minimum atomic E-state index is -0.581. The maximum absolute atomic E-state index is 12.2. The van der Waals surface area contributed by atoms with E-state index < -0.39 is 10.8 Å². The minimum Gasteiger partial charge on any atom is -0.321 e. The van der Waals surface area contributed by atoms with Gasteiger partial charge in [-0.1, -0.05) is 27.5 Å². The number of nitrogens with one attached hydrogen (secondary N) is 1. The Morgan fingerprint density at radius 3 is 2.57 bits per heavy atom. The summed E-state index contributed by atoms with van der Waals surface area (Å²) in [7, 11) is 0. The van der Waals surface area contributed by atoms with Crippen molar-refractivity contribution < 1.29 is 9.72 Å². The number of hydrogen-bond donors (Lipinski definition) is 1. The van der Waals surface area contributed by atoms with Crippen LogP contribution < -0.4 is 5.32 Å². The van der Waals surface area contributed by atoms with E-state index in [1.807, 2.05) is 0 Å². The van der Waals surface area contributed by atoms with Gasteiger partial charge in [0.25, 0.3) is 11.6 Å². The molecule has 0 saturated carbocycles. The SMILES string of the molecule is O=C(Nc1cc(Br)ccc1Br)c1cc([N+](=O)[O-])ccc1Cl. The Hall–Kier alpha value is -1.44. The fourth-order valence-corrected chi connectivity index (χ4v) is 2.49. The van der Waals surface area contributed by atoms with Crippen LogP contribution in [0.4, 0.5) is 11.4 Å². The van der Waals surface area contributed by atoms with Crippen LogP contribution in [0.3, 0.4) is 0 Å². The quantitative estimate of drug-likeness (QED) is 0.544. The van der Waals surface area contributed by atoms with E-state index in [0.29, 0.717) is 10.2 Å². The fourth-order valence-electron chi connectivity index (χ4n) is 1.58. The summed E-state index contributed by atoms with van der Waals surface area (Å²) in [6.45, 7) is 0. The second-order valence-corrected chi connectivity index (χ2v) is 6.18. The normalized spacial score (nSPS) is 10.2. The number of carbonyl (C=O) groups excluding carboxylic acids is 1. The molecule has 2 aromatic carbocycles. The number of amides is 1. The molecule has 2 aromatic rings. The molecule has 0 unspecified atom stereocenters. The van der Waals surface area contributed by atoms with E-state index in [9.17, 15) is 14.9 Å². The topological polar surface area (TPSA) is 72.2 Å². The number of hydrogen-bond acceptors (Lipinski definition) is 3. The van der Waals surface area contributed by atoms with Crippen LogP contribution in [0.1, 0.15) is 10.4 Å². The first kappa shape index (κ1) is 15.9. The Bertz CT molecular complexity index is 737.